The van der Waals surface area contributed by atoms with Crippen LogP contribution in [-0.4, -0.2) is 22.8 Å². The van der Waals surface area contributed by atoms with Crippen molar-refractivity contribution in [3.63, 3.8) is 0 Å². The minimum absolute atomic E-state index is 0.00107. The summed E-state index contributed by atoms with van der Waals surface area (Å²) < 4.78 is 26.4. The van der Waals surface area contributed by atoms with Crippen LogP contribution >= 0.6 is 0 Å². The van der Waals surface area contributed by atoms with Gasteiger partial charge in [-0.3, -0.25) is 4.79 Å². The van der Waals surface area contributed by atoms with E-state index in [1.807, 2.05) is 0 Å². The van der Waals surface area contributed by atoms with Gasteiger partial charge in [-0.2, -0.15) is 4.39 Å². The van der Waals surface area contributed by atoms with Crippen molar-refractivity contribution in [2.75, 3.05) is 7.05 Å². The van der Waals surface area contributed by atoms with Crippen LogP contribution in [0.3, 0.4) is 0 Å². The van der Waals surface area contributed by atoms with E-state index in [0.29, 0.717) is 5.56 Å². The number of amides is 1. The Kier molecular flexibility index (Phi) is 3.85. The second kappa shape index (κ2) is 5.56. The molecule has 0 radical (unpaired) electrons. The Balaban J connectivity index is 2.14. The smallest absolute Gasteiger partial charge is 0.272 e. The molecule has 0 aliphatic carbocycles. The molecule has 0 aliphatic rings. The number of aromatic nitrogens is 1. The third-order valence-corrected chi connectivity index (χ3v) is 2.65. The Morgan fingerprint density at radius 3 is 2.58 bits per heavy atom. The van der Waals surface area contributed by atoms with Crippen LogP contribution in [0, 0.1) is 11.8 Å². The highest BCUT2D eigenvalue weighted by molar-refractivity contribution is 5.92. The molecule has 1 heterocycles. The monoisotopic (exact) mass is 262 g/mol. The first-order chi connectivity index (χ1) is 9.08. The predicted molar refractivity (Wildman–Crippen MR) is 66.4 cm³/mol. The molecule has 0 spiro atoms. The van der Waals surface area contributed by atoms with Gasteiger partial charge in [0.2, 0.25) is 5.95 Å². The molecule has 0 fully saturated rings. The van der Waals surface area contributed by atoms with Crippen LogP contribution in [0.25, 0.3) is 0 Å². The molecule has 5 heteroatoms. The minimum Gasteiger partial charge on any atom is -0.336 e. The molecule has 98 valence electrons. The molecule has 2 aromatic rings. The number of rotatable bonds is 3. The lowest BCUT2D eigenvalue weighted by molar-refractivity contribution is 0.0776. The van der Waals surface area contributed by atoms with Crippen LogP contribution in [-0.2, 0) is 6.54 Å². The van der Waals surface area contributed by atoms with Gasteiger partial charge in [-0.1, -0.05) is 24.3 Å². The number of hydrogen-bond acceptors (Lipinski definition) is 2. The molecule has 0 unspecified atom stereocenters. The SMILES string of the molecule is CN(Cc1ccccc1F)C(=O)c1cccc(F)n1. The molecule has 0 saturated carbocycles. The first kappa shape index (κ1) is 13.1. The standard InChI is InChI=1S/C14H12F2N2O/c1-18(9-10-5-2-3-6-11(10)15)14(19)12-7-4-8-13(16)17-12/h2-8H,9H2,1H3. The molecule has 0 aliphatic heterocycles. The highest BCUT2D eigenvalue weighted by atomic mass is 19.1. The lowest BCUT2D eigenvalue weighted by Crippen LogP contribution is -2.27. The van der Waals surface area contributed by atoms with E-state index in [-0.39, 0.29) is 18.1 Å². The molecule has 0 bridgehead atoms. The summed E-state index contributed by atoms with van der Waals surface area (Å²) in [6.45, 7) is 0.101. The highest BCUT2D eigenvalue weighted by Crippen LogP contribution is 2.11. The Morgan fingerprint density at radius 1 is 1.16 bits per heavy atom. The van der Waals surface area contributed by atoms with Crippen LogP contribution in [0.15, 0.2) is 42.5 Å². The number of carbonyl (C=O) groups is 1. The topological polar surface area (TPSA) is 33.2 Å². The zero-order valence-electron chi connectivity index (χ0n) is 10.3. The van der Waals surface area contributed by atoms with Crippen molar-refractivity contribution in [2.45, 2.75) is 6.54 Å². The van der Waals surface area contributed by atoms with E-state index < -0.39 is 11.9 Å². The van der Waals surface area contributed by atoms with Gasteiger partial charge >= 0.3 is 0 Å². The molecule has 19 heavy (non-hydrogen) atoms. The third kappa shape index (κ3) is 3.13. The van der Waals surface area contributed by atoms with E-state index >= 15 is 0 Å². The van der Waals surface area contributed by atoms with Crippen molar-refractivity contribution in [2.24, 2.45) is 0 Å². The zero-order valence-corrected chi connectivity index (χ0v) is 10.3. The lowest BCUT2D eigenvalue weighted by atomic mass is 10.2. The summed E-state index contributed by atoms with van der Waals surface area (Å²) in [6.07, 6.45) is 0. The molecule has 0 N–H and O–H groups in total. The summed E-state index contributed by atoms with van der Waals surface area (Å²) >= 11 is 0. The fourth-order valence-corrected chi connectivity index (χ4v) is 1.68. The van der Waals surface area contributed by atoms with Crippen LogP contribution in [0.1, 0.15) is 16.1 Å². The van der Waals surface area contributed by atoms with E-state index in [0.717, 1.165) is 6.07 Å². The molecule has 0 atom stereocenters. The fourth-order valence-electron chi connectivity index (χ4n) is 1.68. The third-order valence-electron chi connectivity index (χ3n) is 2.65. The molecule has 1 aromatic carbocycles. The number of hydrogen-bond donors (Lipinski definition) is 0. The molecule has 1 amide bonds. The second-order valence-corrected chi connectivity index (χ2v) is 4.10. The number of nitrogens with zero attached hydrogens (tertiary/aromatic N) is 2. The second-order valence-electron chi connectivity index (χ2n) is 4.10. The number of halogens is 2. The normalized spacial score (nSPS) is 10.3. The molecular formula is C14H12F2N2O. The van der Waals surface area contributed by atoms with Crippen molar-refractivity contribution in [3.8, 4) is 0 Å². The first-order valence-electron chi connectivity index (χ1n) is 5.69. The largest absolute Gasteiger partial charge is 0.336 e. The van der Waals surface area contributed by atoms with E-state index in [4.69, 9.17) is 0 Å². The molecular weight excluding hydrogens is 250 g/mol. The van der Waals surface area contributed by atoms with Crippen LogP contribution in [0.4, 0.5) is 8.78 Å². The summed E-state index contributed by atoms with van der Waals surface area (Å²) in [5.41, 5.74) is 0.397. The molecule has 0 saturated heterocycles. The Morgan fingerprint density at radius 2 is 1.89 bits per heavy atom. The first-order valence-corrected chi connectivity index (χ1v) is 5.69. The average molecular weight is 262 g/mol. The van der Waals surface area contributed by atoms with Gasteiger partial charge in [0.25, 0.3) is 5.91 Å². The van der Waals surface area contributed by atoms with Crippen LogP contribution in [0.2, 0.25) is 0 Å². The summed E-state index contributed by atoms with van der Waals surface area (Å²) in [5, 5.41) is 0. The maximum absolute atomic E-state index is 13.5. The minimum atomic E-state index is -0.717. The quantitative estimate of drug-likeness (QED) is 0.797. The van der Waals surface area contributed by atoms with Crippen molar-refractivity contribution >= 4 is 5.91 Å². The average Bonchev–Trinajstić information content (AvgIpc) is 2.40. The van der Waals surface area contributed by atoms with E-state index in [9.17, 15) is 13.6 Å². The van der Waals surface area contributed by atoms with Gasteiger partial charge in [-0.25, -0.2) is 9.37 Å². The van der Waals surface area contributed by atoms with Crippen molar-refractivity contribution in [1.29, 1.82) is 0 Å². The van der Waals surface area contributed by atoms with Crippen molar-refractivity contribution < 1.29 is 13.6 Å². The van der Waals surface area contributed by atoms with Gasteiger partial charge in [0.15, 0.2) is 0 Å². The number of carbonyl (C=O) groups excluding carboxylic acids is 1. The Hall–Kier alpha value is -2.30. The van der Waals surface area contributed by atoms with Gasteiger partial charge in [-0.15, -0.1) is 0 Å². The maximum Gasteiger partial charge on any atom is 0.272 e. The van der Waals surface area contributed by atoms with Gasteiger partial charge in [0.05, 0.1) is 0 Å². The van der Waals surface area contributed by atoms with E-state index in [2.05, 4.69) is 4.98 Å². The number of benzene rings is 1. The van der Waals surface area contributed by atoms with Gasteiger partial charge in [0.1, 0.15) is 11.5 Å². The fraction of sp³-hybridized carbons (Fsp3) is 0.143. The zero-order chi connectivity index (χ0) is 13.8. The molecule has 1 aromatic heterocycles. The lowest BCUT2D eigenvalue weighted by Gasteiger charge is -2.17. The summed E-state index contributed by atoms with van der Waals surface area (Å²) in [6, 6.07) is 10.2. The van der Waals surface area contributed by atoms with E-state index in [1.165, 1.54) is 30.1 Å². The summed E-state index contributed by atoms with van der Waals surface area (Å²) in [5.74, 6) is -1.55. The van der Waals surface area contributed by atoms with Gasteiger partial charge in [-0.05, 0) is 18.2 Å². The van der Waals surface area contributed by atoms with E-state index in [1.54, 1.807) is 18.2 Å². The Bertz CT molecular complexity index is 602. The van der Waals surface area contributed by atoms with Crippen LogP contribution < -0.4 is 0 Å². The van der Waals surface area contributed by atoms with Crippen molar-refractivity contribution in [1.82, 2.24) is 9.88 Å². The van der Waals surface area contributed by atoms with Crippen LogP contribution in [0.5, 0.6) is 0 Å². The maximum atomic E-state index is 13.5. The number of pyridine rings is 1. The Labute approximate surface area is 109 Å². The van der Waals surface area contributed by atoms with Gasteiger partial charge < -0.3 is 4.90 Å². The summed E-state index contributed by atoms with van der Waals surface area (Å²) in [7, 11) is 1.52. The predicted octanol–water partition coefficient (Wildman–Crippen LogP) is 2.63. The summed E-state index contributed by atoms with van der Waals surface area (Å²) in [4.78, 5) is 16.8. The molecule has 3 nitrogen and oxygen atoms in total. The van der Waals surface area contributed by atoms with Gasteiger partial charge in [0, 0.05) is 19.2 Å². The highest BCUT2D eigenvalue weighted by Gasteiger charge is 2.15. The molecule has 2 rings (SSSR count). The van der Waals surface area contributed by atoms with Crippen molar-refractivity contribution in [3.05, 3.63) is 65.5 Å².